The minimum atomic E-state index is 0.476. The van der Waals surface area contributed by atoms with E-state index in [1.54, 1.807) is 0 Å². The molecule has 254 valence electrons. The van der Waals surface area contributed by atoms with Crippen molar-refractivity contribution in [2.45, 2.75) is 0 Å². The lowest BCUT2D eigenvalue weighted by molar-refractivity contribution is 1.07. The summed E-state index contributed by atoms with van der Waals surface area (Å²) in [6, 6.07) is 57.6. The van der Waals surface area contributed by atoms with Crippen LogP contribution in [0.2, 0.25) is 0 Å². The number of aromatic nitrogens is 4. The second-order valence-electron chi connectivity index (χ2n) is 13.0. The topological polar surface area (TPSA) is 95.5 Å². The van der Waals surface area contributed by atoms with Gasteiger partial charge in [-0.05, 0) is 70.8 Å². The SMILES string of the molecule is [C-]#[N+]c1ccccc1-c1ccc2c(c1)c1cc(-c3ccccc3C#N)ccc1n2-c1cc(-c2nc(-c3ccccc3)nc(-c3ccccc3)n2)ccc1C#N. The van der Waals surface area contributed by atoms with Crippen molar-refractivity contribution >= 4 is 27.5 Å². The molecule has 0 bridgehead atoms. The minimum absolute atomic E-state index is 0.476. The third kappa shape index (κ3) is 5.83. The van der Waals surface area contributed by atoms with Crippen molar-refractivity contribution in [2.24, 2.45) is 0 Å². The zero-order chi connectivity index (χ0) is 37.3. The number of nitrogens with zero attached hydrogens (tertiary/aromatic N) is 7. The summed E-state index contributed by atoms with van der Waals surface area (Å²) in [5, 5.41) is 22.4. The first-order chi connectivity index (χ1) is 27.1. The van der Waals surface area contributed by atoms with E-state index in [1.165, 1.54) is 0 Å². The summed E-state index contributed by atoms with van der Waals surface area (Å²) < 4.78 is 2.11. The number of hydrogen-bond acceptors (Lipinski definition) is 5. The first kappa shape index (κ1) is 32.7. The van der Waals surface area contributed by atoms with Crippen LogP contribution in [0.4, 0.5) is 5.69 Å². The largest absolute Gasteiger partial charge is 0.308 e. The van der Waals surface area contributed by atoms with Crippen LogP contribution in [0.3, 0.4) is 0 Å². The highest BCUT2D eigenvalue weighted by molar-refractivity contribution is 6.12. The minimum Gasteiger partial charge on any atom is -0.308 e. The van der Waals surface area contributed by atoms with Gasteiger partial charge in [-0.15, -0.1) is 0 Å². The third-order valence-electron chi connectivity index (χ3n) is 9.78. The summed E-state index contributed by atoms with van der Waals surface area (Å²) in [6.07, 6.45) is 0. The zero-order valence-corrected chi connectivity index (χ0v) is 29.2. The molecule has 2 heterocycles. The molecule has 0 unspecified atom stereocenters. The van der Waals surface area contributed by atoms with Crippen molar-refractivity contribution in [3.05, 3.63) is 186 Å². The Morgan fingerprint density at radius 1 is 0.455 bits per heavy atom. The number of hydrogen-bond donors (Lipinski definition) is 0. The third-order valence-corrected chi connectivity index (χ3v) is 9.78. The van der Waals surface area contributed by atoms with E-state index in [9.17, 15) is 10.5 Å². The molecule has 0 N–H and O–H groups in total. The molecule has 55 heavy (non-hydrogen) atoms. The van der Waals surface area contributed by atoms with Crippen LogP contribution in [0.25, 0.3) is 88.8 Å². The van der Waals surface area contributed by atoms with E-state index in [0.29, 0.717) is 40.0 Å². The Hall–Kier alpha value is -8.18. The first-order valence-corrected chi connectivity index (χ1v) is 17.6. The number of nitriles is 2. The van der Waals surface area contributed by atoms with Gasteiger partial charge >= 0.3 is 0 Å². The standard InChI is InChI=1S/C48H27N7/c1-51-42-19-11-10-18-39(42)34-23-25-44-41(27-34)40-26-33(38-17-9-8-16-36(38)29-49)22-24-43(40)55(44)45-28-35(20-21-37(45)30-50)48-53-46(31-12-4-2-5-13-31)52-47(54-48)32-14-6-3-7-15-32/h2-28H. The molecule has 0 aliphatic carbocycles. The predicted molar refractivity (Wildman–Crippen MR) is 217 cm³/mol. The van der Waals surface area contributed by atoms with E-state index in [0.717, 1.165) is 60.8 Å². The molecule has 9 aromatic rings. The maximum Gasteiger partial charge on any atom is 0.194 e. The van der Waals surface area contributed by atoms with Gasteiger partial charge < -0.3 is 4.57 Å². The van der Waals surface area contributed by atoms with Crippen LogP contribution < -0.4 is 0 Å². The number of benzene rings is 7. The summed E-state index contributed by atoms with van der Waals surface area (Å²) in [5.74, 6) is 1.57. The van der Waals surface area contributed by atoms with Gasteiger partial charge in [-0.25, -0.2) is 19.8 Å². The van der Waals surface area contributed by atoms with Gasteiger partial charge in [-0.3, -0.25) is 0 Å². The molecule has 9 rings (SSSR count). The van der Waals surface area contributed by atoms with Crippen molar-refractivity contribution in [1.29, 1.82) is 10.5 Å². The zero-order valence-electron chi connectivity index (χ0n) is 29.2. The lowest BCUT2D eigenvalue weighted by Gasteiger charge is -2.13. The van der Waals surface area contributed by atoms with Crippen LogP contribution in [-0.4, -0.2) is 19.5 Å². The molecule has 7 aromatic carbocycles. The van der Waals surface area contributed by atoms with Crippen molar-refractivity contribution in [3.63, 3.8) is 0 Å². The predicted octanol–water partition coefficient (Wildman–Crippen LogP) is 11.6. The fourth-order valence-corrected chi connectivity index (χ4v) is 7.15. The fraction of sp³-hybridized carbons (Fsp3) is 0. The van der Waals surface area contributed by atoms with E-state index in [4.69, 9.17) is 21.5 Å². The molecule has 7 nitrogen and oxygen atoms in total. The Morgan fingerprint density at radius 3 is 1.53 bits per heavy atom. The second kappa shape index (κ2) is 13.7. The summed E-state index contributed by atoms with van der Waals surface area (Å²) in [5.41, 5.74) is 9.98. The molecule has 0 saturated heterocycles. The van der Waals surface area contributed by atoms with E-state index in [-0.39, 0.29) is 0 Å². The van der Waals surface area contributed by atoms with Gasteiger partial charge in [0.05, 0.1) is 40.5 Å². The van der Waals surface area contributed by atoms with Crippen molar-refractivity contribution in [1.82, 2.24) is 19.5 Å². The summed E-state index contributed by atoms with van der Waals surface area (Å²) in [4.78, 5) is 18.6. The highest BCUT2D eigenvalue weighted by atomic mass is 15.0. The van der Waals surface area contributed by atoms with Gasteiger partial charge in [0.25, 0.3) is 0 Å². The maximum atomic E-state index is 10.5. The molecule has 0 aliphatic heterocycles. The van der Waals surface area contributed by atoms with E-state index in [2.05, 4.69) is 33.7 Å². The Kier molecular flexibility index (Phi) is 8.18. The molecule has 0 saturated carbocycles. The number of fused-ring (bicyclic) bond motifs is 3. The molecule has 0 radical (unpaired) electrons. The normalized spacial score (nSPS) is 10.9. The molecule has 2 aromatic heterocycles. The maximum absolute atomic E-state index is 10.5. The van der Waals surface area contributed by atoms with Crippen LogP contribution in [0, 0.1) is 29.2 Å². The lowest BCUT2D eigenvalue weighted by Crippen LogP contribution is -2.02. The molecule has 7 heteroatoms. The molecular formula is C48H27N7. The number of para-hydroxylation sites is 1. The molecular weight excluding hydrogens is 675 g/mol. The first-order valence-electron chi connectivity index (χ1n) is 17.6. The van der Waals surface area contributed by atoms with Crippen LogP contribution in [-0.2, 0) is 0 Å². The van der Waals surface area contributed by atoms with Gasteiger partial charge in [0.15, 0.2) is 23.2 Å². The second-order valence-corrected chi connectivity index (χ2v) is 13.0. The van der Waals surface area contributed by atoms with Gasteiger partial charge in [-0.2, -0.15) is 10.5 Å². The Morgan fingerprint density at radius 2 is 0.945 bits per heavy atom. The number of rotatable bonds is 6. The molecule has 0 fully saturated rings. The van der Waals surface area contributed by atoms with Gasteiger partial charge in [0.1, 0.15) is 6.07 Å². The van der Waals surface area contributed by atoms with Gasteiger partial charge in [0, 0.05) is 27.5 Å². The van der Waals surface area contributed by atoms with Crippen LogP contribution >= 0.6 is 0 Å². The van der Waals surface area contributed by atoms with Crippen molar-refractivity contribution in [3.8, 4) is 74.2 Å². The lowest BCUT2D eigenvalue weighted by atomic mass is 9.97. The van der Waals surface area contributed by atoms with E-state index < -0.39 is 0 Å². The van der Waals surface area contributed by atoms with Crippen LogP contribution in [0.5, 0.6) is 0 Å². The highest BCUT2D eigenvalue weighted by Gasteiger charge is 2.20. The average molecular weight is 702 g/mol. The summed E-state index contributed by atoms with van der Waals surface area (Å²) in [7, 11) is 0. The monoisotopic (exact) mass is 701 g/mol. The van der Waals surface area contributed by atoms with Crippen LogP contribution in [0.1, 0.15) is 11.1 Å². The van der Waals surface area contributed by atoms with E-state index >= 15 is 0 Å². The van der Waals surface area contributed by atoms with Crippen molar-refractivity contribution < 1.29 is 0 Å². The smallest absolute Gasteiger partial charge is 0.194 e. The molecule has 0 atom stereocenters. The van der Waals surface area contributed by atoms with Gasteiger partial charge in [0.2, 0.25) is 0 Å². The molecule has 0 amide bonds. The quantitative estimate of drug-likeness (QED) is 0.161. The Labute approximate surface area is 317 Å². The van der Waals surface area contributed by atoms with E-state index in [1.807, 2.05) is 152 Å². The van der Waals surface area contributed by atoms with Gasteiger partial charge in [-0.1, -0.05) is 115 Å². The highest BCUT2D eigenvalue weighted by Crippen LogP contribution is 2.40. The summed E-state index contributed by atoms with van der Waals surface area (Å²) in [6.45, 7) is 7.82. The summed E-state index contributed by atoms with van der Waals surface area (Å²) >= 11 is 0. The molecule has 0 spiro atoms. The van der Waals surface area contributed by atoms with Crippen LogP contribution in [0.15, 0.2) is 164 Å². The average Bonchev–Trinajstić information content (AvgIpc) is 3.59. The fourth-order valence-electron chi connectivity index (χ4n) is 7.15. The Balaban J connectivity index is 1.30. The Bertz CT molecular complexity index is 2900. The van der Waals surface area contributed by atoms with Crippen molar-refractivity contribution in [2.75, 3.05) is 0 Å². The molecule has 0 aliphatic rings.